The highest BCUT2D eigenvalue weighted by molar-refractivity contribution is 6.49. The minimum atomic E-state index is -0.969. The molecule has 0 radical (unpaired) electrons. The third kappa shape index (κ3) is 5.36. The van der Waals surface area contributed by atoms with Crippen LogP contribution < -0.4 is 0 Å². The van der Waals surface area contributed by atoms with Gasteiger partial charge in [-0.05, 0) is 0 Å². The number of aliphatic hydroxyl groups is 1. The van der Waals surface area contributed by atoms with E-state index in [2.05, 4.69) is 0 Å². The van der Waals surface area contributed by atoms with Gasteiger partial charge in [0, 0.05) is 18.9 Å². The second-order valence-corrected chi connectivity index (χ2v) is 3.64. The lowest BCUT2D eigenvalue weighted by atomic mass is 10.3. The second kappa shape index (κ2) is 5.25. The van der Waals surface area contributed by atoms with Gasteiger partial charge in [0.05, 0.1) is 0 Å². The van der Waals surface area contributed by atoms with E-state index in [1.165, 1.54) is 0 Å². The van der Waals surface area contributed by atoms with Gasteiger partial charge in [0.25, 0.3) is 0 Å². The number of alkyl halides is 3. The predicted molar refractivity (Wildman–Crippen MR) is 46.0 cm³/mol. The maximum absolute atomic E-state index is 8.47. The lowest BCUT2D eigenvalue weighted by Crippen LogP contribution is -2.10. The molecule has 0 atom stereocenters. The molecule has 0 bridgehead atoms. The lowest BCUT2D eigenvalue weighted by Gasteiger charge is -2.11. The van der Waals surface area contributed by atoms with E-state index in [9.17, 15) is 0 Å². The van der Waals surface area contributed by atoms with Crippen LogP contribution in [-0.2, 0) is 0 Å². The van der Waals surface area contributed by atoms with Crippen molar-refractivity contribution < 1.29 is 5.11 Å². The molecule has 0 fully saturated rings. The molecule has 10 heavy (non-hydrogen) atoms. The first-order chi connectivity index (χ1) is 4.62. The summed E-state index contributed by atoms with van der Waals surface area (Å²) in [6.07, 6.45) is 3.54. The third-order valence-corrected chi connectivity index (χ3v) is 1.70. The van der Waals surface area contributed by atoms with Crippen LogP contribution in [0, 0.1) is 0 Å². The van der Waals surface area contributed by atoms with Crippen LogP contribution in [0.4, 0.5) is 0 Å². The van der Waals surface area contributed by atoms with E-state index in [0.29, 0.717) is 12.3 Å². The number of rotatable bonds is 4. The minimum absolute atomic E-state index is 0.0281. The highest BCUT2D eigenvalue weighted by Gasteiger charge is 2.17. The van der Waals surface area contributed by atoms with Gasteiger partial charge in [-0.25, -0.2) is 0 Å². The van der Waals surface area contributed by atoms with Crippen LogP contribution in [0.25, 0.3) is 0 Å². The zero-order valence-electron chi connectivity index (χ0n) is 5.36. The molecule has 0 aromatic carbocycles. The highest BCUT2D eigenvalue weighted by atomic mass is 35.5. The number of hydrogen-bond acceptors (Lipinski definition) is 1. The third-order valence-electron chi connectivity index (χ3n) is 0.896. The first-order valence-electron chi connectivity index (χ1n) is 2.85. The number of hydrogen-bond donors (Lipinski definition) is 1. The van der Waals surface area contributed by atoms with Crippen LogP contribution in [0.1, 0.15) is 6.42 Å². The molecule has 4 heteroatoms. The van der Waals surface area contributed by atoms with Crippen LogP contribution in [0.15, 0.2) is 12.2 Å². The van der Waals surface area contributed by atoms with Crippen molar-refractivity contribution in [3.05, 3.63) is 12.2 Å². The Labute approximate surface area is 75.6 Å². The number of allylic oxidation sites excluding steroid dienone is 2. The van der Waals surface area contributed by atoms with Gasteiger partial charge in [0.15, 0.2) is 0 Å². The van der Waals surface area contributed by atoms with Gasteiger partial charge in [-0.15, -0.1) is 11.6 Å². The molecule has 0 aromatic heterocycles. The van der Waals surface area contributed by atoms with Crippen LogP contribution in [0.5, 0.6) is 0 Å². The molecule has 0 rings (SSSR count). The molecule has 0 aliphatic carbocycles. The van der Waals surface area contributed by atoms with E-state index in [1.807, 2.05) is 0 Å². The van der Waals surface area contributed by atoms with Gasteiger partial charge in [-0.3, -0.25) is 0 Å². The van der Waals surface area contributed by atoms with Gasteiger partial charge in [-0.1, -0.05) is 35.4 Å². The van der Waals surface area contributed by atoms with E-state index in [-0.39, 0.29) is 6.61 Å². The summed E-state index contributed by atoms with van der Waals surface area (Å²) in [7, 11) is 0. The molecule has 0 saturated heterocycles. The highest BCUT2D eigenvalue weighted by Crippen LogP contribution is 2.26. The largest absolute Gasteiger partial charge is 0.396 e. The van der Waals surface area contributed by atoms with Crippen molar-refractivity contribution >= 4 is 34.8 Å². The van der Waals surface area contributed by atoms with Gasteiger partial charge in [-0.2, -0.15) is 0 Å². The Morgan fingerprint density at radius 3 is 2.40 bits per heavy atom. The lowest BCUT2D eigenvalue weighted by molar-refractivity contribution is 0.287. The van der Waals surface area contributed by atoms with Gasteiger partial charge in [0.2, 0.25) is 0 Å². The molecule has 0 aromatic rings. The zero-order chi connectivity index (χ0) is 8.04. The van der Waals surface area contributed by atoms with Crippen molar-refractivity contribution in [3.8, 4) is 0 Å². The SMILES string of the molecule is OCCC(Cl)(Cl)C=CCCl. The smallest absolute Gasteiger partial charge is 0.138 e. The summed E-state index contributed by atoms with van der Waals surface area (Å²) in [5.41, 5.74) is 0. The van der Waals surface area contributed by atoms with E-state index in [1.54, 1.807) is 12.2 Å². The van der Waals surface area contributed by atoms with Crippen molar-refractivity contribution in [1.29, 1.82) is 0 Å². The molecule has 1 nitrogen and oxygen atoms in total. The molecular formula is C6H9Cl3O. The molecule has 0 aliphatic heterocycles. The molecular weight excluding hydrogens is 194 g/mol. The van der Waals surface area contributed by atoms with Crippen molar-refractivity contribution in [3.63, 3.8) is 0 Å². The summed E-state index contributed by atoms with van der Waals surface area (Å²) in [5.74, 6) is 0.382. The predicted octanol–water partition coefficient (Wildman–Crippen LogP) is 2.34. The topological polar surface area (TPSA) is 20.2 Å². The summed E-state index contributed by atoms with van der Waals surface area (Å²) in [6.45, 7) is -0.0281. The van der Waals surface area contributed by atoms with Gasteiger partial charge < -0.3 is 5.11 Å². The summed E-state index contributed by atoms with van der Waals surface area (Å²) in [4.78, 5) is 0. The normalized spacial score (nSPS) is 12.8. The van der Waals surface area contributed by atoms with Crippen LogP contribution >= 0.6 is 34.8 Å². The standard InChI is InChI=1S/C6H9Cl3O/c7-4-1-2-6(8,9)3-5-10/h1-2,10H,3-5H2. The summed E-state index contributed by atoms with van der Waals surface area (Å²) >= 11 is 16.7. The molecule has 0 heterocycles. The Morgan fingerprint density at radius 2 is 2.00 bits per heavy atom. The average Bonchev–Trinajstić information content (AvgIpc) is 1.84. The van der Waals surface area contributed by atoms with Gasteiger partial charge in [0.1, 0.15) is 4.33 Å². The quantitative estimate of drug-likeness (QED) is 0.549. The molecule has 60 valence electrons. The maximum atomic E-state index is 8.47. The molecule has 1 N–H and O–H groups in total. The van der Waals surface area contributed by atoms with Crippen LogP contribution in [0.3, 0.4) is 0 Å². The summed E-state index contributed by atoms with van der Waals surface area (Å²) < 4.78 is -0.969. The average molecular weight is 203 g/mol. The Hall–Kier alpha value is 0.570. The van der Waals surface area contributed by atoms with Gasteiger partial charge >= 0.3 is 0 Å². The summed E-state index contributed by atoms with van der Waals surface area (Å²) in [6, 6.07) is 0. The van der Waals surface area contributed by atoms with Crippen LogP contribution in [0.2, 0.25) is 0 Å². The Kier molecular flexibility index (Phi) is 5.55. The monoisotopic (exact) mass is 202 g/mol. The zero-order valence-corrected chi connectivity index (χ0v) is 7.62. The molecule has 0 aliphatic rings. The molecule has 0 spiro atoms. The second-order valence-electron chi connectivity index (χ2n) is 1.79. The minimum Gasteiger partial charge on any atom is -0.396 e. The van der Waals surface area contributed by atoms with Crippen molar-refractivity contribution in [2.45, 2.75) is 10.8 Å². The first kappa shape index (κ1) is 10.6. The Morgan fingerprint density at radius 1 is 1.40 bits per heavy atom. The van der Waals surface area contributed by atoms with E-state index in [0.717, 1.165) is 0 Å². The number of aliphatic hydroxyl groups excluding tert-OH is 1. The fourth-order valence-corrected chi connectivity index (χ4v) is 0.886. The molecule has 0 amide bonds. The Balaban J connectivity index is 3.73. The fourth-order valence-electron chi connectivity index (χ4n) is 0.449. The first-order valence-corrected chi connectivity index (χ1v) is 4.14. The Bertz CT molecular complexity index is 112. The van der Waals surface area contributed by atoms with E-state index >= 15 is 0 Å². The van der Waals surface area contributed by atoms with Crippen molar-refractivity contribution in [2.24, 2.45) is 0 Å². The van der Waals surface area contributed by atoms with Crippen LogP contribution in [-0.4, -0.2) is 21.9 Å². The maximum Gasteiger partial charge on any atom is 0.138 e. The molecule has 0 saturated carbocycles. The van der Waals surface area contributed by atoms with Crippen molar-refractivity contribution in [1.82, 2.24) is 0 Å². The summed E-state index contributed by atoms with van der Waals surface area (Å²) in [5, 5.41) is 8.47. The molecule has 0 unspecified atom stereocenters. The number of halogens is 3. The van der Waals surface area contributed by atoms with Crippen molar-refractivity contribution in [2.75, 3.05) is 12.5 Å². The van der Waals surface area contributed by atoms with E-state index in [4.69, 9.17) is 39.9 Å². The van der Waals surface area contributed by atoms with E-state index < -0.39 is 4.33 Å². The fraction of sp³-hybridized carbons (Fsp3) is 0.667.